The van der Waals surface area contributed by atoms with Crippen LogP contribution in [-0.4, -0.2) is 24.7 Å². The van der Waals surface area contributed by atoms with Crippen LogP contribution in [0.3, 0.4) is 0 Å². The van der Waals surface area contributed by atoms with E-state index < -0.39 is 0 Å². The summed E-state index contributed by atoms with van der Waals surface area (Å²) in [4.78, 5) is 9.36. The van der Waals surface area contributed by atoms with Crippen molar-refractivity contribution in [3.63, 3.8) is 0 Å². The molecule has 0 bridgehead atoms. The number of nitrogens with two attached hydrogens (primary N) is 1. The Morgan fingerprint density at radius 2 is 2.17 bits per heavy atom. The topological polar surface area (TPSA) is 82.5 Å². The summed E-state index contributed by atoms with van der Waals surface area (Å²) in [6.07, 6.45) is 0. The number of nitrogens with zero attached hydrogens (tertiary/aromatic N) is 5. The first kappa shape index (κ1) is 11.4. The second-order valence-corrected chi connectivity index (χ2v) is 5.57. The van der Waals surface area contributed by atoms with Gasteiger partial charge in [0, 0.05) is 12.4 Å². The number of fused-ring (bicyclic) bond motifs is 1. The standard InChI is InChI=1S/C10H10N6S2/c1-5-14-15-10(16(5)2)18-8-6-3-4-17-7(6)12-9(11)13-8/h3-4H,1-2H3,(H2,11,12,13). The van der Waals surface area contributed by atoms with Crippen molar-refractivity contribution in [3.8, 4) is 0 Å². The molecule has 0 aliphatic rings. The summed E-state index contributed by atoms with van der Waals surface area (Å²) >= 11 is 3.00. The molecule has 0 radical (unpaired) electrons. The van der Waals surface area contributed by atoms with Crippen LogP contribution >= 0.6 is 23.1 Å². The van der Waals surface area contributed by atoms with Gasteiger partial charge in [-0.15, -0.1) is 21.5 Å². The summed E-state index contributed by atoms with van der Waals surface area (Å²) < 4.78 is 1.92. The van der Waals surface area contributed by atoms with Crippen molar-refractivity contribution in [1.29, 1.82) is 0 Å². The SMILES string of the molecule is Cc1nnc(Sc2nc(N)nc3sccc23)n1C. The van der Waals surface area contributed by atoms with Gasteiger partial charge in [0.25, 0.3) is 0 Å². The predicted molar refractivity (Wildman–Crippen MR) is 71.7 cm³/mol. The van der Waals surface area contributed by atoms with Crippen molar-refractivity contribution in [2.45, 2.75) is 17.1 Å². The predicted octanol–water partition coefficient (Wildman–Crippen LogP) is 1.86. The number of hydrogen-bond donors (Lipinski definition) is 1. The van der Waals surface area contributed by atoms with Crippen LogP contribution in [0.4, 0.5) is 5.95 Å². The molecule has 0 saturated heterocycles. The Morgan fingerprint density at radius 3 is 2.89 bits per heavy atom. The van der Waals surface area contributed by atoms with Crippen LogP contribution in [0.2, 0.25) is 0 Å². The minimum atomic E-state index is 0.284. The lowest BCUT2D eigenvalue weighted by atomic mass is 10.4. The smallest absolute Gasteiger partial charge is 0.222 e. The van der Waals surface area contributed by atoms with Gasteiger partial charge in [-0.2, -0.15) is 0 Å². The van der Waals surface area contributed by atoms with Crippen LogP contribution < -0.4 is 5.73 Å². The fraction of sp³-hybridized carbons (Fsp3) is 0.200. The van der Waals surface area contributed by atoms with Gasteiger partial charge in [-0.05, 0) is 30.1 Å². The normalized spacial score (nSPS) is 11.2. The van der Waals surface area contributed by atoms with Crippen LogP contribution in [-0.2, 0) is 7.05 Å². The summed E-state index contributed by atoms with van der Waals surface area (Å²) in [5.74, 6) is 1.15. The highest BCUT2D eigenvalue weighted by Gasteiger charge is 2.13. The number of nitrogen functional groups attached to an aromatic ring is 1. The van der Waals surface area contributed by atoms with Gasteiger partial charge in [-0.25, -0.2) is 9.97 Å². The van der Waals surface area contributed by atoms with Crippen LogP contribution in [0.5, 0.6) is 0 Å². The molecule has 0 amide bonds. The van der Waals surface area contributed by atoms with Crippen LogP contribution in [0.1, 0.15) is 5.82 Å². The van der Waals surface area contributed by atoms with E-state index in [2.05, 4.69) is 20.2 Å². The van der Waals surface area contributed by atoms with Crippen molar-refractivity contribution < 1.29 is 0 Å². The quantitative estimate of drug-likeness (QED) is 0.720. The summed E-state index contributed by atoms with van der Waals surface area (Å²) in [6.45, 7) is 1.91. The van der Waals surface area contributed by atoms with E-state index in [9.17, 15) is 0 Å². The summed E-state index contributed by atoms with van der Waals surface area (Å²) in [6, 6.07) is 1.99. The molecular formula is C10H10N6S2. The van der Waals surface area contributed by atoms with E-state index in [4.69, 9.17) is 5.73 Å². The monoisotopic (exact) mass is 278 g/mol. The van der Waals surface area contributed by atoms with E-state index in [1.807, 2.05) is 30.0 Å². The lowest BCUT2D eigenvalue weighted by Gasteiger charge is -2.03. The number of hydrogen-bond acceptors (Lipinski definition) is 7. The number of anilines is 1. The third-order valence-corrected chi connectivity index (χ3v) is 4.40. The average molecular weight is 278 g/mol. The zero-order valence-corrected chi connectivity index (χ0v) is 11.4. The van der Waals surface area contributed by atoms with E-state index in [1.165, 1.54) is 11.8 Å². The van der Waals surface area contributed by atoms with Crippen molar-refractivity contribution in [1.82, 2.24) is 24.7 Å². The molecule has 3 rings (SSSR count). The second kappa shape index (κ2) is 4.21. The fourth-order valence-electron chi connectivity index (χ4n) is 1.48. The molecule has 3 aromatic heterocycles. The van der Waals surface area contributed by atoms with Gasteiger partial charge < -0.3 is 10.3 Å². The first-order valence-corrected chi connectivity index (χ1v) is 6.89. The highest BCUT2D eigenvalue weighted by molar-refractivity contribution is 7.99. The molecule has 0 unspecified atom stereocenters. The maximum Gasteiger partial charge on any atom is 0.222 e. The van der Waals surface area contributed by atoms with Crippen LogP contribution in [0, 0.1) is 6.92 Å². The van der Waals surface area contributed by atoms with Gasteiger partial charge in [0.05, 0.1) is 0 Å². The van der Waals surface area contributed by atoms with Gasteiger partial charge in [-0.3, -0.25) is 0 Å². The first-order valence-electron chi connectivity index (χ1n) is 5.19. The van der Waals surface area contributed by atoms with Gasteiger partial charge >= 0.3 is 0 Å². The number of thiophene rings is 1. The van der Waals surface area contributed by atoms with Crippen molar-refractivity contribution >= 4 is 39.3 Å². The average Bonchev–Trinajstić information content (AvgIpc) is 2.90. The molecule has 0 spiro atoms. The van der Waals surface area contributed by atoms with E-state index in [0.29, 0.717) is 0 Å². The largest absolute Gasteiger partial charge is 0.368 e. The molecule has 0 aromatic carbocycles. The Kier molecular flexibility index (Phi) is 2.67. The lowest BCUT2D eigenvalue weighted by molar-refractivity contribution is 0.765. The molecule has 3 heterocycles. The molecule has 3 aromatic rings. The van der Waals surface area contributed by atoms with Crippen LogP contribution in [0.15, 0.2) is 21.6 Å². The Bertz CT molecular complexity index is 716. The number of aryl methyl sites for hydroxylation is 1. The second-order valence-electron chi connectivity index (χ2n) is 3.72. The first-order chi connectivity index (χ1) is 8.65. The highest BCUT2D eigenvalue weighted by Crippen LogP contribution is 2.32. The molecule has 0 aliphatic heterocycles. The van der Waals surface area contributed by atoms with E-state index >= 15 is 0 Å². The van der Waals surface area contributed by atoms with Gasteiger partial charge in [0.1, 0.15) is 15.7 Å². The zero-order valence-electron chi connectivity index (χ0n) is 9.78. The molecule has 0 fully saturated rings. The maximum atomic E-state index is 5.71. The third-order valence-electron chi connectivity index (χ3n) is 2.55. The Hall–Kier alpha value is -1.67. The van der Waals surface area contributed by atoms with Crippen LogP contribution in [0.25, 0.3) is 10.2 Å². The van der Waals surface area contributed by atoms with Gasteiger partial charge in [0.2, 0.25) is 5.95 Å². The molecule has 6 nitrogen and oxygen atoms in total. The molecule has 8 heteroatoms. The fourth-order valence-corrected chi connectivity index (χ4v) is 3.26. The zero-order chi connectivity index (χ0) is 12.7. The minimum Gasteiger partial charge on any atom is -0.368 e. The van der Waals surface area contributed by atoms with E-state index in [1.54, 1.807) is 11.3 Å². The number of aromatic nitrogens is 5. The van der Waals surface area contributed by atoms with E-state index in [0.717, 1.165) is 26.2 Å². The van der Waals surface area contributed by atoms with Gasteiger partial charge in [-0.1, -0.05) is 0 Å². The van der Waals surface area contributed by atoms with Crippen molar-refractivity contribution in [2.24, 2.45) is 7.05 Å². The minimum absolute atomic E-state index is 0.284. The Balaban J connectivity index is 2.09. The summed E-state index contributed by atoms with van der Waals surface area (Å²) in [5, 5.41) is 12.7. The molecule has 0 saturated carbocycles. The molecule has 0 aliphatic carbocycles. The lowest BCUT2D eigenvalue weighted by Crippen LogP contribution is -1.97. The Morgan fingerprint density at radius 1 is 1.33 bits per heavy atom. The highest BCUT2D eigenvalue weighted by atomic mass is 32.2. The molecule has 92 valence electrons. The molecular weight excluding hydrogens is 268 g/mol. The molecule has 0 atom stereocenters. The number of rotatable bonds is 2. The maximum absolute atomic E-state index is 5.71. The third kappa shape index (κ3) is 1.83. The molecule has 18 heavy (non-hydrogen) atoms. The van der Waals surface area contributed by atoms with Crippen molar-refractivity contribution in [2.75, 3.05) is 5.73 Å². The van der Waals surface area contributed by atoms with Gasteiger partial charge in [0.15, 0.2) is 5.16 Å². The van der Waals surface area contributed by atoms with Crippen molar-refractivity contribution in [3.05, 3.63) is 17.3 Å². The van der Waals surface area contributed by atoms with E-state index in [-0.39, 0.29) is 5.95 Å². The summed E-state index contributed by atoms with van der Waals surface area (Å²) in [7, 11) is 1.92. The summed E-state index contributed by atoms with van der Waals surface area (Å²) in [5.41, 5.74) is 5.71. The Labute approximate surface area is 111 Å². The molecule has 2 N–H and O–H groups in total.